The van der Waals surface area contributed by atoms with Crippen LogP contribution in [0.4, 0.5) is 4.39 Å². The van der Waals surface area contributed by atoms with Crippen LogP contribution < -0.4 is 5.32 Å². The maximum Gasteiger partial charge on any atom is 0.258 e. The average Bonchev–Trinajstić information content (AvgIpc) is 2.50. The molecule has 76 valence electrons. The topological polar surface area (TPSA) is 46.2 Å². The molecule has 15 heavy (non-hydrogen) atoms. The van der Waals surface area contributed by atoms with Gasteiger partial charge in [0.15, 0.2) is 0 Å². The van der Waals surface area contributed by atoms with Gasteiger partial charge in [0.25, 0.3) is 11.8 Å². The molecule has 2 amide bonds. The molecule has 1 aromatic carbocycles. The first-order valence-electron chi connectivity index (χ1n) is 4.41. The van der Waals surface area contributed by atoms with Gasteiger partial charge in [-0.1, -0.05) is 6.07 Å². The van der Waals surface area contributed by atoms with Gasteiger partial charge >= 0.3 is 0 Å². The van der Waals surface area contributed by atoms with Gasteiger partial charge in [0.2, 0.25) is 0 Å². The number of rotatable bonds is 1. The number of hydrogen-bond donors (Lipinski definition) is 1. The van der Waals surface area contributed by atoms with Crippen LogP contribution in [0.5, 0.6) is 0 Å². The summed E-state index contributed by atoms with van der Waals surface area (Å²) < 4.78 is 13.0. The van der Waals surface area contributed by atoms with Gasteiger partial charge in [-0.3, -0.25) is 14.9 Å². The molecule has 1 N–H and O–H groups in total. The van der Waals surface area contributed by atoms with E-state index in [2.05, 4.69) is 5.32 Å². The van der Waals surface area contributed by atoms with Crippen LogP contribution in [-0.2, 0) is 9.59 Å². The SMILES string of the molecule is Cc1ccc(F)cc1C1=CC(=O)NC1=O. The minimum absolute atomic E-state index is 0.219. The second kappa shape index (κ2) is 3.31. The van der Waals surface area contributed by atoms with Gasteiger partial charge in [0, 0.05) is 6.08 Å². The first kappa shape index (κ1) is 9.58. The number of aryl methyl sites for hydroxylation is 1. The molecule has 1 aromatic rings. The van der Waals surface area contributed by atoms with Crippen molar-refractivity contribution in [3.8, 4) is 0 Å². The van der Waals surface area contributed by atoms with Crippen LogP contribution in [-0.4, -0.2) is 11.8 Å². The molecule has 2 rings (SSSR count). The average molecular weight is 205 g/mol. The Balaban J connectivity index is 2.54. The van der Waals surface area contributed by atoms with Crippen molar-refractivity contribution in [2.45, 2.75) is 6.92 Å². The van der Waals surface area contributed by atoms with Crippen LogP contribution in [0, 0.1) is 12.7 Å². The fraction of sp³-hybridized carbons (Fsp3) is 0.0909. The predicted molar refractivity (Wildman–Crippen MR) is 52.3 cm³/mol. The van der Waals surface area contributed by atoms with Gasteiger partial charge in [0.05, 0.1) is 5.57 Å². The van der Waals surface area contributed by atoms with Crippen LogP contribution in [0.3, 0.4) is 0 Å². The van der Waals surface area contributed by atoms with Gasteiger partial charge < -0.3 is 0 Å². The fourth-order valence-corrected chi connectivity index (χ4v) is 1.50. The molecule has 1 aliphatic heterocycles. The normalized spacial score (nSPS) is 15.2. The van der Waals surface area contributed by atoms with E-state index in [0.717, 1.165) is 5.56 Å². The van der Waals surface area contributed by atoms with Crippen molar-refractivity contribution in [1.82, 2.24) is 5.32 Å². The molecule has 4 heteroatoms. The third-order valence-electron chi connectivity index (χ3n) is 2.25. The van der Waals surface area contributed by atoms with E-state index in [9.17, 15) is 14.0 Å². The van der Waals surface area contributed by atoms with Crippen molar-refractivity contribution < 1.29 is 14.0 Å². The largest absolute Gasteiger partial charge is 0.289 e. The molecule has 0 unspecified atom stereocenters. The molecule has 0 radical (unpaired) electrons. The molecule has 0 aromatic heterocycles. The Kier molecular flexibility index (Phi) is 2.11. The van der Waals surface area contributed by atoms with Crippen molar-refractivity contribution in [2.24, 2.45) is 0 Å². The van der Waals surface area contributed by atoms with E-state index in [0.29, 0.717) is 5.56 Å². The zero-order chi connectivity index (χ0) is 11.0. The molecular weight excluding hydrogens is 197 g/mol. The highest BCUT2D eigenvalue weighted by Crippen LogP contribution is 2.22. The smallest absolute Gasteiger partial charge is 0.258 e. The van der Waals surface area contributed by atoms with E-state index in [-0.39, 0.29) is 5.57 Å². The Morgan fingerprint density at radius 2 is 2.00 bits per heavy atom. The number of nitrogens with one attached hydrogen (secondary N) is 1. The summed E-state index contributed by atoms with van der Waals surface area (Å²) in [7, 11) is 0. The maximum absolute atomic E-state index is 13.0. The molecule has 0 saturated carbocycles. The van der Waals surface area contributed by atoms with Gasteiger partial charge in [0.1, 0.15) is 5.82 Å². The molecular formula is C11H8FNO2. The van der Waals surface area contributed by atoms with Crippen LogP contribution in [0.2, 0.25) is 0 Å². The molecule has 0 bridgehead atoms. The number of hydrogen-bond acceptors (Lipinski definition) is 2. The first-order chi connectivity index (χ1) is 7.08. The van der Waals surface area contributed by atoms with Crippen molar-refractivity contribution in [3.05, 3.63) is 41.2 Å². The monoisotopic (exact) mass is 205 g/mol. The third kappa shape index (κ3) is 1.66. The van der Waals surface area contributed by atoms with Crippen LogP contribution in [0.1, 0.15) is 11.1 Å². The number of benzene rings is 1. The molecule has 0 spiro atoms. The van der Waals surface area contributed by atoms with E-state index in [1.807, 2.05) is 0 Å². The summed E-state index contributed by atoms with van der Waals surface area (Å²) in [6, 6.07) is 4.13. The van der Waals surface area contributed by atoms with Gasteiger partial charge in [-0.05, 0) is 30.2 Å². The second-order valence-corrected chi connectivity index (χ2v) is 3.34. The standard InChI is InChI=1S/C11H8FNO2/c1-6-2-3-7(12)4-8(6)9-5-10(14)13-11(9)15/h2-5H,1H3,(H,13,14,15). The lowest BCUT2D eigenvalue weighted by Gasteiger charge is -2.04. The van der Waals surface area contributed by atoms with Crippen molar-refractivity contribution in [2.75, 3.05) is 0 Å². The van der Waals surface area contributed by atoms with Crippen molar-refractivity contribution in [3.63, 3.8) is 0 Å². The molecule has 0 fully saturated rings. The van der Waals surface area contributed by atoms with Gasteiger partial charge in [-0.25, -0.2) is 4.39 Å². The minimum atomic E-state index is -0.478. The number of carbonyl (C=O) groups is 2. The van der Waals surface area contributed by atoms with E-state index in [4.69, 9.17) is 0 Å². The Hall–Kier alpha value is -1.97. The highest BCUT2D eigenvalue weighted by molar-refractivity contribution is 6.33. The maximum atomic E-state index is 13.0. The molecule has 0 aliphatic carbocycles. The summed E-state index contributed by atoms with van der Waals surface area (Å²) in [4.78, 5) is 22.3. The van der Waals surface area contributed by atoms with E-state index < -0.39 is 17.6 Å². The predicted octanol–water partition coefficient (Wildman–Crippen LogP) is 1.17. The number of amides is 2. The lowest BCUT2D eigenvalue weighted by Crippen LogP contribution is -2.21. The van der Waals surface area contributed by atoms with Crippen LogP contribution in [0.25, 0.3) is 5.57 Å². The highest BCUT2D eigenvalue weighted by atomic mass is 19.1. The highest BCUT2D eigenvalue weighted by Gasteiger charge is 2.23. The summed E-state index contributed by atoms with van der Waals surface area (Å²) >= 11 is 0. The Morgan fingerprint density at radius 1 is 1.27 bits per heavy atom. The molecule has 1 heterocycles. The van der Waals surface area contributed by atoms with Crippen molar-refractivity contribution in [1.29, 1.82) is 0 Å². The zero-order valence-electron chi connectivity index (χ0n) is 8.00. The summed E-state index contributed by atoms with van der Waals surface area (Å²) in [5, 5.41) is 2.12. The Bertz CT molecular complexity index is 491. The second-order valence-electron chi connectivity index (χ2n) is 3.34. The van der Waals surface area contributed by atoms with Gasteiger partial charge in [-0.2, -0.15) is 0 Å². The van der Waals surface area contributed by atoms with Gasteiger partial charge in [-0.15, -0.1) is 0 Å². The molecule has 0 saturated heterocycles. The number of imide groups is 1. The Labute approximate surface area is 85.6 Å². The molecule has 1 aliphatic rings. The summed E-state index contributed by atoms with van der Waals surface area (Å²) in [5.41, 5.74) is 1.43. The summed E-state index contributed by atoms with van der Waals surface area (Å²) in [5.74, 6) is -1.36. The molecule has 0 atom stereocenters. The first-order valence-corrected chi connectivity index (χ1v) is 4.41. The zero-order valence-corrected chi connectivity index (χ0v) is 8.00. The lowest BCUT2D eigenvalue weighted by molar-refractivity contribution is -0.123. The molecule has 3 nitrogen and oxygen atoms in total. The number of halogens is 1. The van der Waals surface area contributed by atoms with Crippen LogP contribution >= 0.6 is 0 Å². The number of carbonyl (C=O) groups excluding carboxylic acids is 2. The van der Waals surface area contributed by atoms with Crippen molar-refractivity contribution >= 4 is 17.4 Å². The van der Waals surface area contributed by atoms with Crippen LogP contribution in [0.15, 0.2) is 24.3 Å². The van der Waals surface area contributed by atoms with E-state index >= 15 is 0 Å². The Morgan fingerprint density at radius 3 is 2.60 bits per heavy atom. The van der Waals surface area contributed by atoms with E-state index in [1.54, 1.807) is 13.0 Å². The summed E-state index contributed by atoms with van der Waals surface area (Å²) in [6.45, 7) is 1.76. The quantitative estimate of drug-likeness (QED) is 0.699. The third-order valence-corrected chi connectivity index (χ3v) is 2.25. The fourth-order valence-electron chi connectivity index (χ4n) is 1.50. The van der Waals surface area contributed by atoms with E-state index in [1.165, 1.54) is 18.2 Å². The lowest BCUT2D eigenvalue weighted by atomic mass is 10.0. The summed E-state index contributed by atoms with van der Waals surface area (Å²) in [6.07, 6.45) is 1.18. The minimum Gasteiger partial charge on any atom is -0.289 e.